The molecule has 2 rings (SSSR count). The maximum absolute atomic E-state index is 11.3. The van der Waals surface area contributed by atoms with Crippen molar-refractivity contribution in [3.63, 3.8) is 0 Å². The number of para-hydroxylation sites is 1. The molecule has 17 heavy (non-hydrogen) atoms. The first kappa shape index (κ1) is 12.1. The van der Waals surface area contributed by atoms with Crippen molar-refractivity contribution in [2.24, 2.45) is 0 Å². The van der Waals surface area contributed by atoms with Crippen molar-refractivity contribution < 1.29 is 19.0 Å². The maximum Gasteiger partial charge on any atom is 0.163 e. The Balaban J connectivity index is 1.79. The van der Waals surface area contributed by atoms with Gasteiger partial charge in [0, 0.05) is 0 Å². The zero-order valence-corrected chi connectivity index (χ0v) is 9.85. The Labute approximate surface area is 100 Å². The zero-order chi connectivity index (χ0) is 12.1. The molecule has 0 spiro atoms. The average molecular weight is 236 g/mol. The van der Waals surface area contributed by atoms with E-state index in [1.807, 2.05) is 12.1 Å². The number of carbonyl (C=O) groups is 1. The van der Waals surface area contributed by atoms with Crippen molar-refractivity contribution in [2.45, 2.75) is 13.0 Å². The fraction of sp³-hybridized carbons (Fsp3) is 0.462. The summed E-state index contributed by atoms with van der Waals surface area (Å²) in [5.74, 6) is 0.627. The molecule has 92 valence electrons. The van der Waals surface area contributed by atoms with Crippen LogP contribution in [-0.4, -0.2) is 38.3 Å². The normalized spacial score (nSPS) is 15.4. The van der Waals surface area contributed by atoms with Crippen LogP contribution in [0, 0.1) is 0 Å². The van der Waals surface area contributed by atoms with E-state index in [1.165, 1.54) is 6.92 Å². The van der Waals surface area contributed by atoms with Crippen molar-refractivity contribution in [1.82, 2.24) is 0 Å². The first-order chi connectivity index (χ1) is 8.27. The van der Waals surface area contributed by atoms with Crippen molar-refractivity contribution in [3.05, 3.63) is 29.8 Å². The molecule has 0 aliphatic carbocycles. The third kappa shape index (κ3) is 3.28. The first-order valence-corrected chi connectivity index (χ1v) is 5.69. The summed E-state index contributed by atoms with van der Waals surface area (Å²) in [5, 5.41) is 0. The number of hydrogen-bond acceptors (Lipinski definition) is 4. The third-order valence-corrected chi connectivity index (χ3v) is 2.57. The minimum Gasteiger partial charge on any atom is -0.490 e. The lowest BCUT2D eigenvalue weighted by Crippen LogP contribution is -2.37. The van der Waals surface area contributed by atoms with E-state index < -0.39 is 0 Å². The molecule has 0 saturated carbocycles. The molecule has 0 radical (unpaired) electrons. The predicted molar refractivity (Wildman–Crippen MR) is 62.5 cm³/mol. The molecule has 0 N–H and O–H groups in total. The summed E-state index contributed by atoms with van der Waals surface area (Å²) >= 11 is 0. The van der Waals surface area contributed by atoms with Gasteiger partial charge in [-0.2, -0.15) is 0 Å². The summed E-state index contributed by atoms with van der Waals surface area (Å²) in [6.07, 6.45) is 0.210. The molecule has 1 aromatic carbocycles. The Kier molecular flexibility index (Phi) is 4.12. The number of Topliss-reactive ketones (excluding diaryl/α,β-unsaturated/α-hetero) is 1. The molecule has 1 fully saturated rings. The molecular weight excluding hydrogens is 220 g/mol. The summed E-state index contributed by atoms with van der Waals surface area (Å²) in [4.78, 5) is 11.3. The third-order valence-electron chi connectivity index (χ3n) is 2.57. The van der Waals surface area contributed by atoms with Crippen LogP contribution in [0.5, 0.6) is 5.75 Å². The van der Waals surface area contributed by atoms with E-state index in [0.29, 0.717) is 37.7 Å². The molecule has 0 bridgehead atoms. The van der Waals surface area contributed by atoms with Gasteiger partial charge in [-0.1, -0.05) is 12.1 Å². The van der Waals surface area contributed by atoms with Gasteiger partial charge in [-0.3, -0.25) is 4.79 Å². The fourth-order valence-electron chi connectivity index (χ4n) is 1.56. The second-order valence-electron chi connectivity index (χ2n) is 3.93. The van der Waals surface area contributed by atoms with E-state index in [-0.39, 0.29) is 11.9 Å². The summed E-state index contributed by atoms with van der Waals surface area (Å²) in [7, 11) is 0. The molecule has 4 heteroatoms. The SMILES string of the molecule is CC(=O)c1ccccc1OCCOC1COC1. The standard InChI is InChI=1S/C13H16O4/c1-10(14)12-4-2-3-5-13(12)17-7-6-16-11-8-15-9-11/h2-5,11H,6-9H2,1H3. The Bertz CT molecular complexity index is 385. The van der Waals surface area contributed by atoms with Gasteiger partial charge in [0.25, 0.3) is 0 Å². The maximum atomic E-state index is 11.3. The molecule has 4 nitrogen and oxygen atoms in total. The lowest BCUT2D eigenvalue weighted by molar-refractivity contribution is -0.132. The topological polar surface area (TPSA) is 44.8 Å². The van der Waals surface area contributed by atoms with Crippen LogP contribution in [0.25, 0.3) is 0 Å². The Morgan fingerprint density at radius 2 is 2.12 bits per heavy atom. The average Bonchev–Trinajstić information content (AvgIpc) is 2.26. The van der Waals surface area contributed by atoms with Gasteiger partial charge in [-0.05, 0) is 19.1 Å². The van der Waals surface area contributed by atoms with Gasteiger partial charge in [-0.15, -0.1) is 0 Å². The molecule has 0 amide bonds. The Morgan fingerprint density at radius 1 is 1.35 bits per heavy atom. The fourth-order valence-corrected chi connectivity index (χ4v) is 1.56. The zero-order valence-electron chi connectivity index (χ0n) is 9.85. The monoisotopic (exact) mass is 236 g/mol. The molecule has 1 heterocycles. The molecule has 1 aromatic rings. The molecule has 0 atom stereocenters. The highest BCUT2D eigenvalue weighted by atomic mass is 16.6. The van der Waals surface area contributed by atoms with Crippen LogP contribution < -0.4 is 4.74 Å². The molecule has 1 aliphatic rings. The van der Waals surface area contributed by atoms with Gasteiger partial charge in [-0.25, -0.2) is 0 Å². The highest BCUT2D eigenvalue weighted by molar-refractivity contribution is 5.96. The summed E-state index contributed by atoms with van der Waals surface area (Å²) in [6, 6.07) is 7.23. The van der Waals surface area contributed by atoms with Crippen molar-refractivity contribution >= 4 is 5.78 Å². The first-order valence-electron chi connectivity index (χ1n) is 5.69. The number of carbonyl (C=O) groups excluding carboxylic acids is 1. The molecular formula is C13H16O4. The van der Waals surface area contributed by atoms with Gasteiger partial charge < -0.3 is 14.2 Å². The molecule has 0 aromatic heterocycles. The van der Waals surface area contributed by atoms with E-state index in [0.717, 1.165) is 0 Å². The van der Waals surface area contributed by atoms with Gasteiger partial charge in [0.05, 0.1) is 25.4 Å². The van der Waals surface area contributed by atoms with Gasteiger partial charge in [0.1, 0.15) is 18.5 Å². The van der Waals surface area contributed by atoms with E-state index >= 15 is 0 Å². The van der Waals surface area contributed by atoms with Crippen molar-refractivity contribution in [1.29, 1.82) is 0 Å². The Morgan fingerprint density at radius 3 is 2.76 bits per heavy atom. The van der Waals surface area contributed by atoms with Crippen LogP contribution in [0.2, 0.25) is 0 Å². The molecule has 0 unspecified atom stereocenters. The minimum absolute atomic E-state index is 0.00825. The van der Waals surface area contributed by atoms with Gasteiger partial charge in [0.15, 0.2) is 5.78 Å². The van der Waals surface area contributed by atoms with E-state index in [1.54, 1.807) is 12.1 Å². The lowest BCUT2D eigenvalue weighted by Gasteiger charge is -2.25. The van der Waals surface area contributed by atoms with E-state index in [2.05, 4.69) is 0 Å². The largest absolute Gasteiger partial charge is 0.490 e. The van der Waals surface area contributed by atoms with Gasteiger partial charge >= 0.3 is 0 Å². The van der Waals surface area contributed by atoms with E-state index in [9.17, 15) is 4.79 Å². The smallest absolute Gasteiger partial charge is 0.163 e. The van der Waals surface area contributed by atoms with Crippen LogP contribution in [-0.2, 0) is 9.47 Å². The number of hydrogen-bond donors (Lipinski definition) is 0. The van der Waals surface area contributed by atoms with Crippen LogP contribution >= 0.6 is 0 Å². The molecule has 1 aliphatic heterocycles. The van der Waals surface area contributed by atoms with Crippen LogP contribution in [0.3, 0.4) is 0 Å². The number of benzene rings is 1. The van der Waals surface area contributed by atoms with Crippen LogP contribution in [0.1, 0.15) is 17.3 Å². The van der Waals surface area contributed by atoms with Crippen molar-refractivity contribution in [3.8, 4) is 5.75 Å². The number of ketones is 1. The van der Waals surface area contributed by atoms with Gasteiger partial charge in [0.2, 0.25) is 0 Å². The second-order valence-corrected chi connectivity index (χ2v) is 3.93. The lowest BCUT2D eigenvalue weighted by atomic mass is 10.1. The summed E-state index contributed by atoms with van der Waals surface area (Å²) in [6.45, 7) is 3.83. The number of rotatable bonds is 6. The summed E-state index contributed by atoms with van der Waals surface area (Å²) < 4.78 is 16.0. The second kappa shape index (κ2) is 5.80. The highest BCUT2D eigenvalue weighted by Crippen LogP contribution is 2.18. The van der Waals surface area contributed by atoms with E-state index in [4.69, 9.17) is 14.2 Å². The quantitative estimate of drug-likeness (QED) is 0.557. The van der Waals surface area contributed by atoms with Crippen LogP contribution in [0.4, 0.5) is 0 Å². The molecule has 1 saturated heterocycles. The predicted octanol–water partition coefficient (Wildman–Crippen LogP) is 1.68. The highest BCUT2D eigenvalue weighted by Gasteiger charge is 2.18. The van der Waals surface area contributed by atoms with Crippen molar-refractivity contribution in [2.75, 3.05) is 26.4 Å². The minimum atomic E-state index is 0.00825. The Hall–Kier alpha value is -1.39. The number of ether oxygens (including phenoxy) is 3. The summed E-state index contributed by atoms with van der Waals surface area (Å²) in [5.41, 5.74) is 0.611. The van der Waals surface area contributed by atoms with Crippen LogP contribution in [0.15, 0.2) is 24.3 Å².